The van der Waals surface area contributed by atoms with Gasteiger partial charge in [0, 0.05) is 43.2 Å². The topological polar surface area (TPSA) is 61.9 Å². The molecule has 1 aromatic carbocycles. The minimum Gasteiger partial charge on any atom is -0.378 e. The van der Waals surface area contributed by atoms with Crippen LogP contribution < -0.4 is 5.32 Å². The van der Waals surface area contributed by atoms with Crippen molar-refractivity contribution < 1.29 is 14.3 Å². The van der Waals surface area contributed by atoms with Crippen LogP contribution in [0, 0.1) is 0 Å². The van der Waals surface area contributed by atoms with Gasteiger partial charge < -0.3 is 15.0 Å². The monoisotopic (exact) mass is 393 g/mol. The maximum atomic E-state index is 12.5. The van der Waals surface area contributed by atoms with Gasteiger partial charge in [-0.05, 0) is 37.6 Å². The summed E-state index contributed by atoms with van der Waals surface area (Å²) >= 11 is 5.97. The second-order valence-electron chi connectivity index (χ2n) is 7.36. The third kappa shape index (κ3) is 5.67. The third-order valence-corrected chi connectivity index (χ3v) is 5.78. The summed E-state index contributed by atoms with van der Waals surface area (Å²) < 4.78 is 5.31. The molecule has 2 saturated heterocycles. The van der Waals surface area contributed by atoms with Crippen LogP contribution in [-0.2, 0) is 20.7 Å². The number of ether oxygens (including phenoxy) is 1. The SMILES string of the molecule is CN1[C@@H](CC(=O)N2CCOCC2)CC[C@H]1CNC(=O)Cc1cccc(Cl)c1. The fourth-order valence-electron chi connectivity index (χ4n) is 3.85. The molecule has 2 aliphatic rings. The molecule has 0 bridgehead atoms. The lowest BCUT2D eigenvalue weighted by Crippen LogP contribution is -2.45. The standard InChI is InChI=1S/C20H28ClN3O3/c1-23-17(13-20(26)24-7-9-27-10-8-24)5-6-18(23)14-22-19(25)12-15-3-2-4-16(21)11-15/h2-4,11,17-18H,5-10,12-14H2,1H3,(H,22,25)/t17-,18+/m1/s1. The van der Waals surface area contributed by atoms with Gasteiger partial charge in [0.1, 0.15) is 0 Å². The molecule has 2 fully saturated rings. The third-order valence-electron chi connectivity index (χ3n) is 5.55. The molecule has 2 amide bonds. The number of likely N-dealkylation sites (tertiary alicyclic amines) is 1. The van der Waals surface area contributed by atoms with Gasteiger partial charge >= 0.3 is 0 Å². The zero-order valence-electron chi connectivity index (χ0n) is 15.8. The molecule has 6 nitrogen and oxygen atoms in total. The Labute approximate surface area is 165 Å². The molecule has 0 spiro atoms. The van der Waals surface area contributed by atoms with E-state index < -0.39 is 0 Å². The van der Waals surface area contributed by atoms with E-state index in [2.05, 4.69) is 17.3 Å². The summed E-state index contributed by atoms with van der Waals surface area (Å²) in [5.74, 6) is 0.208. The summed E-state index contributed by atoms with van der Waals surface area (Å²) in [6, 6.07) is 7.89. The summed E-state index contributed by atoms with van der Waals surface area (Å²) in [5.41, 5.74) is 0.911. The largest absolute Gasteiger partial charge is 0.378 e. The van der Waals surface area contributed by atoms with Crippen molar-refractivity contribution >= 4 is 23.4 Å². The fourth-order valence-corrected chi connectivity index (χ4v) is 4.07. The Morgan fingerprint density at radius 1 is 1.22 bits per heavy atom. The van der Waals surface area contributed by atoms with Crippen molar-refractivity contribution in [3.63, 3.8) is 0 Å². The Kier molecular flexibility index (Phi) is 7.10. The molecule has 1 N–H and O–H groups in total. The van der Waals surface area contributed by atoms with E-state index in [1.165, 1.54) is 0 Å². The quantitative estimate of drug-likeness (QED) is 0.799. The molecule has 148 valence electrons. The molecule has 0 saturated carbocycles. The number of halogens is 1. The van der Waals surface area contributed by atoms with Crippen LogP contribution in [0.15, 0.2) is 24.3 Å². The summed E-state index contributed by atoms with van der Waals surface area (Å²) in [6.07, 6.45) is 2.86. The second-order valence-corrected chi connectivity index (χ2v) is 7.79. The Balaban J connectivity index is 1.42. The number of carbonyl (C=O) groups is 2. The fraction of sp³-hybridized carbons (Fsp3) is 0.600. The van der Waals surface area contributed by atoms with Crippen molar-refractivity contribution in [2.75, 3.05) is 39.9 Å². The number of nitrogens with zero attached hydrogens (tertiary/aromatic N) is 2. The number of morpholine rings is 1. The molecular weight excluding hydrogens is 366 g/mol. The van der Waals surface area contributed by atoms with Crippen molar-refractivity contribution in [2.45, 2.75) is 37.8 Å². The summed E-state index contributed by atoms with van der Waals surface area (Å²) in [7, 11) is 2.05. The molecule has 27 heavy (non-hydrogen) atoms. The predicted molar refractivity (Wildman–Crippen MR) is 105 cm³/mol. The van der Waals surface area contributed by atoms with Crippen LogP contribution in [0.5, 0.6) is 0 Å². The average Bonchev–Trinajstić information content (AvgIpc) is 3.00. The number of nitrogens with one attached hydrogen (secondary N) is 1. The van der Waals surface area contributed by atoms with Crippen LogP contribution in [0.1, 0.15) is 24.8 Å². The van der Waals surface area contributed by atoms with Gasteiger partial charge in [-0.1, -0.05) is 23.7 Å². The van der Waals surface area contributed by atoms with E-state index in [9.17, 15) is 9.59 Å². The van der Waals surface area contributed by atoms with Gasteiger partial charge in [-0.2, -0.15) is 0 Å². The minimum absolute atomic E-state index is 0.00138. The molecule has 2 atom stereocenters. The van der Waals surface area contributed by atoms with Crippen molar-refractivity contribution in [2.24, 2.45) is 0 Å². The van der Waals surface area contributed by atoms with E-state index in [1.54, 1.807) is 6.07 Å². The first kappa shape index (κ1) is 20.1. The summed E-state index contributed by atoms with van der Waals surface area (Å²) in [4.78, 5) is 28.8. The highest BCUT2D eigenvalue weighted by Crippen LogP contribution is 2.25. The first-order valence-electron chi connectivity index (χ1n) is 9.61. The molecular formula is C20H28ClN3O3. The first-order valence-corrected chi connectivity index (χ1v) is 9.99. The molecule has 0 aromatic heterocycles. The Hall–Kier alpha value is -1.63. The lowest BCUT2D eigenvalue weighted by atomic mass is 10.1. The molecule has 1 aromatic rings. The molecule has 3 rings (SSSR count). The highest BCUT2D eigenvalue weighted by molar-refractivity contribution is 6.30. The van der Waals surface area contributed by atoms with E-state index in [1.807, 2.05) is 23.1 Å². The van der Waals surface area contributed by atoms with Crippen LogP contribution in [0.2, 0.25) is 5.02 Å². The number of likely N-dealkylation sites (N-methyl/N-ethyl adjacent to an activating group) is 1. The van der Waals surface area contributed by atoms with Gasteiger partial charge in [-0.15, -0.1) is 0 Å². The molecule has 0 aliphatic carbocycles. The van der Waals surface area contributed by atoms with Gasteiger partial charge in [0.15, 0.2) is 0 Å². The Bertz CT molecular complexity index is 664. The van der Waals surface area contributed by atoms with Gasteiger partial charge in [0.2, 0.25) is 11.8 Å². The number of carbonyl (C=O) groups excluding carboxylic acids is 2. The van der Waals surface area contributed by atoms with Crippen LogP contribution >= 0.6 is 11.6 Å². The number of rotatable bonds is 6. The first-order chi connectivity index (χ1) is 13.0. The lowest BCUT2D eigenvalue weighted by molar-refractivity contribution is -0.136. The zero-order chi connectivity index (χ0) is 19.2. The van der Waals surface area contributed by atoms with Gasteiger partial charge in [0.05, 0.1) is 19.6 Å². The average molecular weight is 394 g/mol. The highest BCUT2D eigenvalue weighted by atomic mass is 35.5. The van der Waals surface area contributed by atoms with Gasteiger partial charge in [-0.3, -0.25) is 14.5 Å². The number of hydrogen-bond acceptors (Lipinski definition) is 4. The molecule has 7 heteroatoms. The predicted octanol–water partition coefficient (Wildman–Crippen LogP) is 1.71. The van der Waals surface area contributed by atoms with E-state index >= 15 is 0 Å². The minimum atomic E-state index is -0.00138. The molecule has 0 unspecified atom stereocenters. The van der Waals surface area contributed by atoms with Crippen LogP contribution in [0.3, 0.4) is 0 Å². The number of benzene rings is 1. The zero-order valence-corrected chi connectivity index (χ0v) is 16.6. The van der Waals surface area contributed by atoms with Crippen molar-refractivity contribution in [3.05, 3.63) is 34.9 Å². The molecule has 2 heterocycles. The van der Waals surface area contributed by atoms with E-state index in [0.29, 0.717) is 50.7 Å². The van der Waals surface area contributed by atoms with E-state index in [4.69, 9.17) is 16.3 Å². The van der Waals surface area contributed by atoms with E-state index in [0.717, 1.165) is 18.4 Å². The van der Waals surface area contributed by atoms with Crippen LogP contribution in [0.4, 0.5) is 0 Å². The lowest BCUT2D eigenvalue weighted by Gasteiger charge is -2.30. The Morgan fingerprint density at radius 2 is 1.96 bits per heavy atom. The van der Waals surface area contributed by atoms with Gasteiger partial charge in [0.25, 0.3) is 0 Å². The number of amides is 2. The normalized spacial score (nSPS) is 23.4. The highest BCUT2D eigenvalue weighted by Gasteiger charge is 2.33. The van der Waals surface area contributed by atoms with Crippen molar-refractivity contribution in [1.29, 1.82) is 0 Å². The second kappa shape index (κ2) is 9.53. The summed E-state index contributed by atoms with van der Waals surface area (Å²) in [6.45, 7) is 3.26. The van der Waals surface area contributed by atoms with E-state index in [-0.39, 0.29) is 23.9 Å². The van der Waals surface area contributed by atoms with Gasteiger partial charge in [-0.25, -0.2) is 0 Å². The van der Waals surface area contributed by atoms with Crippen molar-refractivity contribution in [1.82, 2.24) is 15.1 Å². The maximum Gasteiger partial charge on any atom is 0.224 e. The van der Waals surface area contributed by atoms with Crippen molar-refractivity contribution in [3.8, 4) is 0 Å². The Morgan fingerprint density at radius 3 is 2.70 bits per heavy atom. The maximum absolute atomic E-state index is 12.5. The summed E-state index contributed by atoms with van der Waals surface area (Å²) in [5, 5.41) is 3.67. The smallest absolute Gasteiger partial charge is 0.224 e. The van der Waals surface area contributed by atoms with Crippen LogP contribution in [0.25, 0.3) is 0 Å². The molecule has 0 radical (unpaired) electrons. The molecule has 2 aliphatic heterocycles. The number of hydrogen-bond donors (Lipinski definition) is 1. The van der Waals surface area contributed by atoms with Crippen LogP contribution in [-0.4, -0.2) is 73.6 Å².